The van der Waals surface area contributed by atoms with Crippen LogP contribution in [0.15, 0.2) is 24.3 Å². The van der Waals surface area contributed by atoms with Gasteiger partial charge in [0.25, 0.3) is 10.2 Å². The third kappa shape index (κ3) is 3.76. The smallest absolute Gasteiger partial charge is 0.335 e. The fourth-order valence-corrected chi connectivity index (χ4v) is 3.03. The lowest BCUT2D eigenvalue weighted by Crippen LogP contribution is -2.46. The van der Waals surface area contributed by atoms with E-state index in [0.717, 1.165) is 0 Å². The molecule has 0 bridgehead atoms. The number of aromatic carboxylic acids is 1. The van der Waals surface area contributed by atoms with Gasteiger partial charge >= 0.3 is 5.97 Å². The molecule has 0 radical (unpaired) electrons. The van der Waals surface area contributed by atoms with Gasteiger partial charge in [-0.25, -0.2) is 4.79 Å². The van der Waals surface area contributed by atoms with Gasteiger partial charge < -0.3 is 9.84 Å². The van der Waals surface area contributed by atoms with Gasteiger partial charge in [0, 0.05) is 19.6 Å². The molecule has 0 spiro atoms. The highest BCUT2D eigenvalue weighted by atomic mass is 32.2. The van der Waals surface area contributed by atoms with E-state index in [0.29, 0.717) is 31.9 Å². The maximum atomic E-state index is 12.0. The number of benzene rings is 1. The van der Waals surface area contributed by atoms with E-state index in [1.54, 1.807) is 12.1 Å². The zero-order valence-corrected chi connectivity index (χ0v) is 11.6. The summed E-state index contributed by atoms with van der Waals surface area (Å²) in [5.74, 6) is -1.04. The van der Waals surface area contributed by atoms with Gasteiger partial charge in [0.2, 0.25) is 0 Å². The van der Waals surface area contributed by atoms with Gasteiger partial charge in [-0.2, -0.15) is 17.4 Å². The lowest BCUT2D eigenvalue weighted by molar-refractivity contribution is 0.0696. The average molecular weight is 300 g/mol. The Labute approximate surface area is 117 Å². The van der Waals surface area contributed by atoms with Crippen molar-refractivity contribution in [2.45, 2.75) is 6.54 Å². The zero-order chi connectivity index (χ0) is 14.6. The molecule has 0 amide bonds. The first kappa shape index (κ1) is 14.9. The van der Waals surface area contributed by atoms with Gasteiger partial charge in [0.15, 0.2) is 0 Å². The van der Waals surface area contributed by atoms with Crippen molar-refractivity contribution in [1.29, 1.82) is 0 Å². The van der Waals surface area contributed by atoms with Crippen molar-refractivity contribution in [3.8, 4) is 0 Å². The van der Waals surface area contributed by atoms with Crippen molar-refractivity contribution in [1.82, 2.24) is 9.03 Å². The molecule has 20 heavy (non-hydrogen) atoms. The Kier molecular flexibility index (Phi) is 4.71. The minimum absolute atomic E-state index is 0.0564. The number of rotatable bonds is 5. The molecule has 1 aliphatic rings. The molecule has 1 heterocycles. The topological polar surface area (TPSA) is 95.9 Å². The number of hydrogen-bond donors (Lipinski definition) is 2. The van der Waals surface area contributed by atoms with Crippen LogP contribution >= 0.6 is 0 Å². The third-order valence-corrected chi connectivity index (χ3v) is 4.50. The number of nitrogens with zero attached hydrogens (tertiary/aromatic N) is 1. The van der Waals surface area contributed by atoms with Crippen molar-refractivity contribution < 1.29 is 23.1 Å². The van der Waals surface area contributed by atoms with Crippen molar-refractivity contribution in [2.24, 2.45) is 0 Å². The zero-order valence-electron chi connectivity index (χ0n) is 10.8. The standard InChI is InChI=1S/C12H16N2O5S/c15-12(16)11-3-1-2-10(8-11)9-13-20(17,18)14-4-6-19-7-5-14/h1-3,8,13H,4-7,9H2,(H,15,16). The van der Waals surface area contributed by atoms with Crippen LogP contribution in [0.5, 0.6) is 0 Å². The summed E-state index contributed by atoms with van der Waals surface area (Å²) in [4.78, 5) is 10.8. The predicted octanol–water partition coefficient (Wildman–Crippen LogP) is 0.0514. The largest absolute Gasteiger partial charge is 0.478 e. The second-order valence-electron chi connectivity index (χ2n) is 4.34. The van der Waals surface area contributed by atoms with Gasteiger partial charge in [0.1, 0.15) is 0 Å². The van der Waals surface area contributed by atoms with Crippen LogP contribution in [0.4, 0.5) is 0 Å². The number of carboxylic acid groups (broad SMARTS) is 1. The summed E-state index contributed by atoms with van der Waals surface area (Å²) in [6, 6.07) is 6.17. The highest BCUT2D eigenvalue weighted by Crippen LogP contribution is 2.08. The van der Waals surface area contributed by atoms with Crippen LogP contribution in [0.1, 0.15) is 15.9 Å². The Morgan fingerprint density at radius 1 is 1.35 bits per heavy atom. The predicted molar refractivity (Wildman–Crippen MR) is 71.6 cm³/mol. The number of carbonyl (C=O) groups is 1. The van der Waals surface area contributed by atoms with Crippen molar-refractivity contribution in [3.05, 3.63) is 35.4 Å². The molecule has 0 saturated carbocycles. The molecule has 8 heteroatoms. The summed E-state index contributed by atoms with van der Waals surface area (Å²) in [5, 5.41) is 8.88. The summed E-state index contributed by atoms with van der Waals surface area (Å²) in [6.07, 6.45) is 0. The number of hydrogen-bond acceptors (Lipinski definition) is 4. The number of nitrogens with one attached hydrogen (secondary N) is 1. The molecule has 1 aromatic carbocycles. The van der Waals surface area contributed by atoms with Crippen LogP contribution in [0.2, 0.25) is 0 Å². The van der Waals surface area contributed by atoms with Crippen LogP contribution in [-0.4, -0.2) is 50.1 Å². The third-order valence-electron chi connectivity index (χ3n) is 2.94. The highest BCUT2D eigenvalue weighted by Gasteiger charge is 2.23. The van der Waals surface area contributed by atoms with Gasteiger partial charge in [-0.1, -0.05) is 12.1 Å². The minimum atomic E-state index is -3.56. The Bertz CT molecular complexity index is 581. The Morgan fingerprint density at radius 2 is 2.05 bits per heavy atom. The second-order valence-corrected chi connectivity index (χ2v) is 6.10. The Balaban J connectivity index is 2.00. The maximum absolute atomic E-state index is 12.0. The second kappa shape index (κ2) is 6.31. The van der Waals surface area contributed by atoms with Crippen LogP contribution in [0, 0.1) is 0 Å². The first-order valence-electron chi connectivity index (χ1n) is 6.14. The summed E-state index contributed by atoms with van der Waals surface area (Å²) < 4.78 is 32.9. The van der Waals surface area contributed by atoms with E-state index in [-0.39, 0.29) is 12.1 Å². The maximum Gasteiger partial charge on any atom is 0.335 e. The normalized spacial score (nSPS) is 17.0. The SMILES string of the molecule is O=C(O)c1cccc(CNS(=O)(=O)N2CCOCC2)c1. The molecule has 2 rings (SSSR count). The fraction of sp³-hybridized carbons (Fsp3) is 0.417. The molecule has 0 unspecified atom stereocenters. The van der Waals surface area contributed by atoms with E-state index < -0.39 is 16.2 Å². The van der Waals surface area contributed by atoms with Gasteiger partial charge in [-0.05, 0) is 17.7 Å². The molecule has 7 nitrogen and oxygen atoms in total. The van der Waals surface area contributed by atoms with Crippen LogP contribution in [0.25, 0.3) is 0 Å². The fourth-order valence-electron chi connectivity index (χ4n) is 1.87. The molecule has 0 atom stereocenters. The highest BCUT2D eigenvalue weighted by molar-refractivity contribution is 7.87. The van der Waals surface area contributed by atoms with Gasteiger partial charge in [0.05, 0.1) is 18.8 Å². The van der Waals surface area contributed by atoms with Crippen molar-refractivity contribution in [3.63, 3.8) is 0 Å². The molecule has 1 aliphatic heterocycles. The number of carboxylic acids is 1. The molecule has 2 N–H and O–H groups in total. The van der Waals surface area contributed by atoms with E-state index in [1.807, 2.05) is 0 Å². The lowest BCUT2D eigenvalue weighted by atomic mass is 10.1. The summed E-state index contributed by atoms with van der Waals surface area (Å²) in [5.41, 5.74) is 0.731. The lowest BCUT2D eigenvalue weighted by Gasteiger charge is -2.26. The van der Waals surface area contributed by atoms with E-state index in [9.17, 15) is 13.2 Å². The molecule has 0 aromatic heterocycles. The first-order valence-corrected chi connectivity index (χ1v) is 7.58. The summed E-state index contributed by atoms with van der Waals surface area (Å²) in [6.45, 7) is 1.47. The molecular weight excluding hydrogens is 284 g/mol. The Morgan fingerprint density at radius 3 is 2.70 bits per heavy atom. The summed E-state index contributed by atoms with van der Waals surface area (Å²) >= 11 is 0. The molecule has 0 aliphatic carbocycles. The minimum Gasteiger partial charge on any atom is -0.478 e. The summed E-state index contributed by atoms with van der Waals surface area (Å²) in [7, 11) is -3.56. The Hall–Kier alpha value is -1.48. The molecule has 1 aromatic rings. The molecule has 1 saturated heterocycles. The van der Waals surface area contributed by atoms with E-state index in [1.165, 1.54) is 16.4 Å². The van der Waals surface area contributed by atoms with Crippen LogP contribution in [-0.2, 0) is 21.5 Å². The van der Waals surface area contributed by atoms with Crippen molar-refractivity contribution in [2.75, 3.05) is 26.3 Å². The monoisotopic (exact) mass is 300 g/mol. The molecule has 110 valence electrons. The number of morpholine rings is 1. The molecule has 1 fully saturated rings. The van der Waals surface area contributed by atoms with Gasteiger partial charge in [-0.15, -0.1) is 0 Å². The molecular formula is C12H16N2O5S. The van der Waals surface area contributed by atoms with Gasteiger partial charge in [-0.3, -0.25) is 0 Å². The average Bonchev–Trinajstić information content (AvgIpc) is 2.46. The van der Waals surface area contributed by atoms with Crippen molar-refractivity contribution >= 4 is 16.2 Å². The van der Waals surface area contributed by atoms with E-state index in [2.05, 4.69) is 4.72 Å². The van der Waals surface area contributed by atoms with E-state index in [4.69, 9.17) is 9.84 Å². The first-order chi connectivity index (χ1) is 9.49. The quantitative estimate of drug-likeness (QED) is 0.801. The van der Waals surface area contributed by atoms with Crippen LogP contribution < -0.4 is 4.72 Å². The van der Waals surface area contributed by atoms with E-state index >= 15 is 0 Å². The number of ether oxygens (including phenoxy) is 1. The van der Waals surface area contributed by atoms with Crippen LogP contribution in [0.3, 0.4) is 0 Å².